The van der Waals surface area contributed by atoms with Crippen molar-refractivity contribution in [1.82, 2.24) is 0 Å². The van der Waals surface area contributed by atoms with Gasteiger partial charge in [-0.05, 0) is 37.3 Å². The van der Waals surface area contributed by atoms with Gasteiger partial charge in [0.25, 0.3) is 0 Å². The third-order valence-corrected chi connectivity index (χ3v) is 6.90. The lowest BCUT2D eigenvalue weighted by Crippen LogP contribution is -2.06. The first-order chi connectivity index (χ1) is 15.5. The highest BCUT2D eigenvalue weighted by atomic mass is 79.9. The van der Waals surface area contributed by atoms with Crippen LogP contribution in [0.1, 0.15) is 128 Å². The van der Waals surface area contributed by atoms with E-state index in [2.05, 4.69) is 29.8 Å². The van der Waals surface area contributed by atoms with E-state index < -0.39 is 6.16 Å². The summed E-state index contributed by atoms with van der Waals surface area (Å²) in [6.45, 7) is 4.48. The minimum absolute atomic E-state index is 0.00638. The SMILES string of the molecule is CCCCCCCCCCc1c(Br)cc(OC(=O)O)c(O)c1CCCCCCCCCC. The maximum atomic E-state index is 11.0. The molecule has 5 heteroatoms. The summed E-state index contributed by atoms with van der Waals surface area (Å²) in [6, 6.07) is 1.60. The van der Waals surface area contributed by atoms with Crippen molar-refractivity contribution in [3.05, 3.63) is 21.7 Å². The number of hydrogen-bond donors (Lipinski definition) is 2. The Morgan fingerprint density at radius 3 is 1.59 bits per heavy atom. The molecule has 0 saturated carbocycles. The molecule has 0 aliphatic carbocycles. The van der Waals surface area contributed by atoms with Crippen molar-refractivity contribution in [3.8, 4) is 11.5 Å². The van der Waals surface area contributed by atoms with Crippen molar-refractivity contribution >= 4 is 22.1 Å². The van der Waals surface area contributed by atoms with E-state index in [1.54, 1.807) is 6.07 Å². The number of aromatic hydroxyl groups is 1. The second kappa shape index (κ2) is 18.2. The molecule has 32 heavy (non-hydrogen) atoms. The van der Waals surface area contributed by atoms with Crippen molar-refractivity contribution in [2.24, 2.45) is 0 Å². The average Bonchev–Trinajstić information content (AvgIpc) is 2.76. The number of halogens is 1. The molecule has 1 rings (SSSR count). The zero-order chi connectivity index (χ0) is 23.6. The van der Waals surface area contributed by atoms with Crippen LogP contribution in [0.5, 0.6) is 11.5 Å². The molecule has 0 aliphatic rings. The summed E-state index contributed by atoms with van der Waals surface area (Å²) in [5.41, 5.74) is 1.96. The number of phenols is 1. The predicted molar refractivity (Wildman–Crippen MR) is 137 cm³/mol. The molecular weight excluding hydrogens is 468 g/mol. The van der Waals surface area contributed by atoms with Crippen molar-refractivity contribution in [2.45, 2.75) is 129 Å². The van der Waals surface area contributed by atoms with E-state index in [4.69, 9.17) is 9.84 Å². The Labute approximate surface area is 204 Å². The number of carbonyl (C=O) groups is 1. The van der Waals surface area contributed by atoms with Gasteiger partial charge in [0.15, 0.2) is 11.5 Å². The van der Waals surface area contributed by atoms with Crippen LogP contribution < -0.4 is 4.74 Å². The highest BCUT2D eigenvalue weighted by Gasteiger charge is 2.19. The second-order valence-electron chi connectivity index (χ2n) is 8.98. The van der Waals surface area contributed by atoms with E-state index >= 15 is 0 Å². The summed E-state index contributed by atoms with van der Waals surface area (Å²) in [5.74, 6) is 0.0201. The molecule has 0 fully saturated rings. The average molecular weight is 514 g/mol. The first-order valence-electron chi connectivity index (χ1n) is 12.9. The van der Waals surface area contributed by atoms with Crippen molar-refractivity contribution in [1.29, 1.82) is 0 Å². The van der Waals surface area contributed by atoms with Gasteiger partial charge in [0.2, 0.25) is 0 Å². The number of unbranched alkanes of at least 4 members (excludes halogenated alkanes) is 14. The molecule has 0 amide bonds. The topological polar surface area (TPSA) is 66.8 Å². The van der Waals surface area contributed by atoms with Crippen LogP contribution in [0.15, 0.2) is 10.5 Å². The predicted octanol–water partition coefficient (Wildman–Crippen LogP) is 9.58. The van der Waals surface area contributed by atoms with E-state index in [0.717, 1.165) is 47.7 Å². The van der Waals surface area contributed by atoms with Crippen molar-refractivity contribution in [3.63, 3.8) is 0 Å². The fourth-order valence-electron chi connectivity index (χ4n) is 4.29. The first kappa shape index (κ1) is 28.8. The van der Waals surface area contributed by atoms with Crippen LogP contribution in [0.4, 0.5) is 4.79 Å². The molecule has 4 nitrogen and oxygen atoms in total. The standard InChI is InChI=1S/C27H45BrO4/c1-3-5-7-9-11-13-15-17-19-22-23(20-18-16-14-12-10-8-6-4-2)26(29)25(21-24(22)28)32-27(30)31/h21,29H,3-20H2,1-2H3,(H,30,31). The van der Waals surface area contributed by atoms with E-state index in [-0.39, 0.29) is 11.5 Å². The maximum Gasteiger partial charge on any atom is 0.511 e. The van der Waals surface area contributed by atoms with Crippen LogP contribution in [-0.2, 0) is 12.8 Å². The van der Waals surface area contributed by atoms with E-state index in [1.807, 2.05) is 0 Å². The molecule has 0 aliphatic heterocycles. The van der Waals surface area contributed by atoms with Gasteiger partial charge in [0, 0.05) is 10.0 Å². The Balaban J connectivity index is 2.63. The van der Waals surface area contributed by atoms with Crippen LogP contribution in [0, 0.1) is 0 Å². The lowest BCUT2D eigenvalue weighted by atomic mass is 9.95. The van der Waals surface area contributed by atoms with Crippen LogP contribution in [-0.4, -0.2) is 16.4 Å². The molecule has 0 saturated heterocycles. The van der Waals surface area contributed by atoms with E-state index in [0.29, 0.717) is 0 Å². The van der Waals surface area contributed by atoms with Crippen LogP contribution in [0.25, 0.3) is 0 Å². The van der Waals surface area contributed by atoms with Crippen LogP contribution >= 0.6 is 15.9 Å². The lowest BCUT2D eigenvalue weighted by Gasteiger charge is -2.16. The smallest absolute Gasteiger partial charge is 0.504 e. The molecular formula is C27H45BrO4. The molecule has 2 N–H and O–H groups in total. The van der Waals surface area contributed by atoms with Gasteiger partial charge in [-0.1, -0.05) is 120 Å². The molecule has 0 aromatic heterocycles. The molecule has 1 aromatic rings. The highest BCUT2D eigenvalue weighted by Crippen LogP contribution is 2.39. The molecule has 184 valence electrons. The Hall–Kier alpha value is -1.23. The van der Waals surface area contributed by atoms with E-state index in [9.17, 15) is 9.90 Å². The molecule has 0 bridgehead atoms. The van der Waals surface area contributed by atoms with Crippen molar-refractivity contribution in [2.75, 3.05) is 0 Å². The minimum atomic E-state index is -1.40. The molecule has 0 unspecified atom stereocenters. The number of hydrogen-bond acceptors (Lipinski definition) is 3. The zero-order valence-corrected chi connectivity index (χ0v) is 22.0. The molecule has 0 radical (unpaired) electrons. The Kier molecular flexibility index (Phi) is 16.4. The van der Waals surface area contributed by atoms with Gasteiger partial charge in [-0.2, -0.15) is 0 Å². The number of benzene rings is 1. The second-order valence-corrected chi connectivity index (χ2v) is 9.83. The van der Waals surface area contributed by atoms with Gasteiger partial charge in [0.05, 0.1) is 0 Å². The minimum Gasteiger partial charge on any atom is -0.504 e. The summed E-state index contributed by atoms with van der Waals surface area (Å²) < 4.78 is 5.67. The van der Waals surface area contributed by atoms with Crippen LogP contribution in [0.2, 0.25) is 0 Å². The van der Waals surface area contributed by atoms with Gasteiger partial charge in [0.1, 0.15) is 0 Å². The number of rotatable bonds is 19. The number of carboxylic acid groups (broad SMARTS) is 1. The Morgan fingerprint density at radius 1 is 0.750 bits per heavy atom. The summed E-state index contributed by atoms with van der Waals surface area (Å²) in [4.78, 5) is 11.0. The zero-order valence-electron chi connectivity index (χ0n) is 20.4. The fourth-order valence-corrected chi connectivity index (χ4v) is 4.93. The van der Waals surface area contributed by atoms with Crippen molar-refractivity contribution < 1.29 is 19.7 Å². The monoisotopic (exact) mass is 512 g/mol. The van der Waals surface area contributed by atoms with Gasteiger partial charge >= 0.3 is 6.16 Å². The number of phenolic OH excluding ortho intramolecular Hbond substituents is 1. The summed E-state index contributed by atoms with van der Waals surface area (Å²) in [6.07, 6.45) is 20.1. The third-order valence-electron chi connectivity index (χ3n) is 6.19. The summed E-state index contributed by atoms with van der Waals surface area (Å²) >= 11 is 3.61. The first-order valence-corrected chi connectivity index (χ1v) is 13.7. The van der Waals surface area contributed by atoms with Gasteiger partial charge in [-0.3, -0.25) is 0 Å². The Morgan fingerprint density at radius 2 is 1.16 bits per heavy atom. The van der Waals surface area contributed by atoms with Crippen LogP contribution in [0.3, 0.4) is 0 Å². The summed E-state index contributed by atoms with van der Waals surface area (Å²) in [5, 5.41) is 19.8. The molecule has 0 atom stereocenters. The highest BCUT2D eigenvalue weighted by molar-refractivity contribution is 9.10. The largest absolute Gasteiger partial charge is 0.511 e. The quantitative estimate of drug-likeness (QED) is 0.110. The maximum absolute atomic E-state index is 11.0. The van der Waals surface area contributed by atoms with Gasteiger partial charge in [-0.15, -0.1) is 0 Å². The van der Waals surface area contributed by atoms with Gasteiger partial charge in [-0.25, -0.2) is 4.79 Å². The molecule has 1 aromatic carbocycles. The Bertz CT molecular complexity index is 645. The third kappa shape index (κ3) is 12.1. The lowest BCUT2D eigenvalue weighted by molar-refractivity contribution is 0.142. The van der Waals surface area contributed by atoms with E-state index in [1.165, 1.54) is 83.5 Å². The molecule has 0 heterocycles. The number of ether oxygens (including phenoxy) is 1. The summed E-state index contributed by atoms with van der Waals surface area (Å²) in [7, 11) is 0. The normalized spacial score (nSPS) is 11.1. The fraction of sp³-hybridized carbons (Fsp3) is 0.741. The molecule has 0 spiro atoms. The van der Waals surface area contributed by atoms with Gasteiger partial charge < -0.3 is 14.9 Å².